The Morgan fingerprint density at radius 1 is 1.10 bits per heavy atom. The van der Waals surface area contributed by atoms with Crippen molar-refractivity contribution >= 4 is 17.1 Å². The molecule has 3 aliphatic rings. The lowest BCUT2D eigenvalue weighted by atomic mass is 10.0. The molecule has 31 heavy (non-hydrogen) atoms. The highest BCUT2D eigenvalue weighted by Gasteiger charge is 2.41. The lowest BCUT2D eigenvalue weighted by molar-refractivity contribution is 0.107. The molecule has 2 atom stereocenters. The van der Waals surface area contributed by atoms with E-state index in [1.54, 1.807) is 0 Å². The Kier molecular flexibility index (Phi) is 4.40. The highest BCUT2D eigenvalue weighted by atomic mass is 16.5. The Hall–Kier alpha value is -3.02. The highest BCUT2D eigenvalue weighted by Crippen LogP contribution is 2.37. The van der Waals surface area contributed by atoms with Crippen LogP contribution in [0.5, 0.6) is 5.75 Å². The summed E-state index contributed by atoms with van der Waals surface area (Å²) in [6.07, 6.45) is 5.90. The number of hydrogen-bond donors (Lipinski definition) is 1. The number of fused-ring (bicyclic) bond motifs is 4. The summed E-state index contributed by atoms with van der Waals surface area (Å²) in [6.45, 7) is 3.75. The minimum absolute atomic E-state index is 0. The molecule has 2 amide bonds. The lowest BCUT2D eigenvalue weighted by Gasteiger charge is -2.38. The maximum atomic E-state index is 13.5. The van der Waals surface area contributed by atoms with Crippen LogP contribution in [0.15, 0.2) is 36.4 Å². The van der Waals surface area contributed by atoms with E-state index in [2.05, 4.69) is 45.2 Å². The van der Waals surface area contributed by atoms with Gasteiger partial charge in [-0.05, 0) is 74.4 Å². The fourth-order valence-electron chi connectivity index (χ4n) is 5.65. The number of nitrogens with one attached hydrogen (secondary N) is 1. The zero-order valence-corrected chi connectivity index (χ0v) is 17.9. The summed E-state index contributed by atoms with van der Waals surface area (Å²) in [6, 6.07) is 13.7. The van der Waals surface area contributed by atoms with E-state index >= 15 is 0 Å². The minimum atomic E-state index is 0. The Bertz CT molecular complexity index is 1140. The molecule has 1 aromatic heterocycles. The van der Waals surface area contributed by atoms with Crippen molar-refractivity contribution in [1.82, 2.24) is 19.8 Å². The van der Waals surface area contributed by atoms with Gasteiger partial charge in [0.1, 0.15) is 18.2 Å². The molecule has 3 aliphatic heterocycles. The molecule has 0 aliphatic carbocycles. The van der Waals surface area contributed by atoms with Crippen molar-refractivity contribution < 1.29 is 11.0 Å². The van der Waals surface area contributed by atoms with Gasteiger partial charge < -0.3 is 19.5 Å². The molecule has 4 heterocycles. The number of rotatable bonds is 1. The Balaban J connectivity index is 0.00000216. The van der Waals surface area contributed by atoms with E-state index in [0.29, 0.717) is 31.8 Å². The third-order valence-electron chi connectivity index (χ3n) is 7.16. The van der Waals surface area contributed by atoms with Crippen molar-refractivity contribution in [2.24, 2.45) is 0 Å². The molecular formula is C25H30N4O2. The maximum Gasteiger partial charge on any atom is 0.320 e. The van der Waals surface area contributed by atoms with Gasteiger partial charge in [-0.25, -0.2) is 9.78 Å². The predicted octanol–water partition coefficient (Wildman–Crippen LogP) is 5.12. The van der Waals surface area contributed by atoms with Crippen LogP contribution in [0.4, 0.5) is 4.79 Å². The predicted molar refractivity (Wildman–Crippen MR) is 122 cm³/mol. The summed E-state index contributed by atoms with van der Waals surface area (Å²) in [4.78, 5) is 25.5. The number of amides is 2. The van der Waals surface area contributed by atoms with Gasteiger partial charge in [0.05, 0.1) is 24.1 Å². The van der Waals surface area contributed by atoms with E-state index in [1.807, 2.05) is 17.9 Å². The van der Waals surface area contributed by atoms with E-state index < -0.39 is 0 Å². The molecule has 0 spiro atoms. The molecule has 2 saturated heterocycles. The maximum absolute atomic E-state index is 13.5. The van der Waals surface area contributed by atoms with Gasteiger partial charge in [0, 0.05) is 19.1 Å². The number of aromatic nitrogens is 2. The molecule has 0 saturated carbocycles. The molecular weight excluding hydrogens is 388 g/mol. The van der Waals surface area contributed by atoms with Gasteiger partial charge in [-0.2, -0.15) is 0 Å². The van der Waals surface area contributed by atoms with Crippen LogP contribution in [-0.4, -0.2) is 51.0 Å². The summed E-state index contributed by atoms with van der Waals surface area (Å²) in [5, 5.41) is 0. The topological polar surface area (TPSA) is 61.5 Å². The van der Waals surface area contributed by atoms with E-state index in [4.69, 9.17) is 4.74 Å². The first-order valence-corrected chi connectivity index (χ1v) is 11.5. The van der Waals surface area contributed by atoms with E-state index in [9.17, 15) is 4.79 Å². The molecule has 2 unspecified atom stereocenters. The highest BCUT2D eigenvalue weighted by molar-refractivity contribution is 5.82. The zero-order chi connectivity index (χ0) is 20.9. The molecule has 6 heteroatoms. The van der Waals surface area contributed by atoms with Crippen molar-refractivity contribution in [3.63, 3.8) is 0 Å². The van der Waals surface area contributed by atoms with Crippen molar-refractivity contribution in [3.8, 4) is 16.9 Å². The second-order valence-electron chi connectivity index (χ2n) is 9.15. The minimum Gasteiger partial charge on any atom is -0.491 e. The number of imidazole rings is 1. The molecule has 6 nitrogen and oxygen atoms in total. The molecule has 2 aromatic carbocycles. The quantitative estimate of drug-likeness (QED) is 0.597. The van der Waals surface area contributed by atoms with Gasteiger partial charge in [0.15, 0.2) is 0 Å². The lowest BCUT2D eigenvalue weighted by Crippen LogP contribution is -2.50. The van der Waals surface area contributed by atoms with Crippen LogP contribution in [0, 0.1) is 6.92 Å². The van der Waals surface area contributed by atoms with Crippen molar-refractivity contribution in [2.45, 2.75) is 57.7 Å². The number of benzene rings is 2. The number of carbonyl (C=O) groups is 1. The van der Waals surface area contributed by atoms with Crippen LogP contribution < -0.4 is 4.74 Å². The second kappa shape index (κ2) is 7.29. The van der Waals surface area contributed by atoms with Gasteiger partial charge in [0.2, 0.25) is 0 Å². The largest absolute Gasteiger partial charge is 0.491 e. The third kappa shape index (κ3) is 3.25. The molecule has 2 fully saturated rings. The number of ether oxygens (including phenoxy) is 1. The van der Waals surface area contributed by atoms with E-state index in [-0.39, 0.29) is 7.46 Å². The monoisotopic (exact) mass is 418 g/mol. The molecule has 0 radical (unpaired) electrons. The van der Waals surface area contributed by atoms with Crippen LogP contribution in [0.3, 0.4) is 0 Å². The SMILES string of the molecule is Cc1nc2ccc(-c3ccc4c(c3)CN(C(=O)N3C5CCCC3CC5)CCO4)cc2[nH]1.[HH]. The smallest absolute Gasteiger partial charge is 0.320 e. The number of piperidine rings is 1. The number of H-pyrrole nitrogens is 1. The number of aryl methyl sites for hydroxylation is 1. The van der Waals surface area contributed by atoms with Crippen LogP contribution in [-0.2, 0) is 6.54 Å². The van der Waals surface area contributed by atoms with Crippen molar-refractivity contribution in [2.75, 3.05) is 13.2 Å². The van der Waals surface area contributed by atoms with E-state index in [1.165, 1.54) is 6.42 Å². The first-order valence-electron chi connectivity index (χ1n) is 11.5. The summed E-state index contributed by atoms with van der Waals surface area (Å²) in [5.74, 6) is 1.81. The second-order valence-corrected chi connectivity index (χ2v) is 9.15. The summed E-state index contributed by atoms with van der Waals surface area (Å²) >= 11 is 0. The number of urea groups is 1. The first kappa shape index (κ1) is 18.7. The average Bonchev–Trinajstić information content (AvgIpc) is 3.16. The molecule has 6 rings (SSSR count). The normalized spacial score (nSPS) is 22.9. The average molecular weight is 419 g/mol. The van der Waals surface area contributed by atoms with Crippen LogP contribution in [0.2, 0.25) is 0 Å². The number of aromatic amines is 1. The Labute approximate surface area is 183 Å². The number of hydrogen-bond acceptors (Lipinski definition) is 3. The fraction of sp³-hybridized carbons (Fsp3) is 0.440. The van der Waals surface area contributed by atoms with Gasteiger partial charge >= 0.3 is 6.03 Å². The van der Waals surface area contributed by atoms with Gasteiger partial charge in [0.25, 0.3) is 0 Å². The number of carbonyl (C=O) groups excluding carboxylic acids is 1. The standard InChI is InChI=1S/C25H28N4O2.H2/c1-16-26-22-9-5-18(14-23(22)27-16)17-6-10-24-19(13-17)15-28(11-12-31-24)25(30)29-20-3-2-4-21(29)8-7-20;/h5-6,9-10,13-14,20-21H,2-4,7-8,11-12,15H2,1H3,(H,26,27);1H. The first-order chi connectivity index (χ1) is 15.2. The van der Waals surface area contributed by atoms with Crippen LogP contribution >= 0.6 is 0 Å². The number of nitrogens with zero attached hydrogens (tertiary/aromatic N) is 3. The molecule has 162 valence electrons. The Morgan fingerprint density at radius 3 is 2.71 bits per heavy atom. The Morgan fingerprint density at radius 2 is 1.87 bits per heavy atom. The van der Waals surface area contributed by atoms with Gasteiger partial charge in [-0.1, -0.05) is 12.1 Å². The molecule has 2 bridgehead atoms. The zero-order valence-electron chi connectivity index (χ0n) is 17.9. The third-order valence-corrected chi connectivity index (χ3v) is 7.16. The van der Waals surface area contributed by atoms with Crippen molar-refractivity contribution in [1.29, 1.82) is 0 Å². The fourth-order valence-corrected chi connectivity index (χ4v) is 5.65. The summed E-state index contributed by atoms with van der Waals surface area (Å²) < 4.78 is 6.02. The summed E-state index contributed by atoms with van der Waals surface area (Å²) in [7, 11) is 0. The van der Waals surface area contributed by atoms with Crippen molar-refractivity contribution in [3.05, 3.63) is 47.8 Å². The summed E-state index contributed by atoms with van der Waals surface area (Å²) in [5.41, 5.74) is 5.36. The van der Waals surface area contributed by atoms with Gasteiger partial charge in [-0.3, -0.25) is 0 Å². The van der Waals surface area contributed by atoms with Crippen LogP contribution in [0.1, 0.15) is 44.9 Å². The molecule has 1 N–H and O–H groups in total. The van der Waals surface area contributed by atoms with E-state index in [0.717, 1.165) is 65.0 Å². The van der Waals surface area contributed by atoms with Gasteiger partial charge in [-0.15, -0.1) is 0 Å². The molecule has 3 aromatic rings. The van der Waals surface area contributed by atoms with Crippen LogP contribution in [0.25, 0.3) is 22.2 Å².